The fourth-order valence-electron chi connectivity index (χ4n) is 3.52. The molecule has 1 atom stereocenters. The van der Waals surface area contributed by atoms with E-state index in [1.54, 1.807) is 0 Å². The van der Waals surface area contributed by atoms with E-state index in [1.165, 1.54) is 16.9 Å². The van der Waals surface area contributed by atoms with Gasteiger partial charge in [0.2, 0.25) is 0 Å². The lowest BCUT2D eigenvalue weighted by Gasteiger charge is -2.16. The van der Waals surface area contributed by atoms with E-state index in [2.05, 4.69) is 28.9 Å². The Labute approximate surface area is 180 Å². The smallest absolute Gasteiger partial charge is 0.261 e. The summed E-state index contributed by atoms with van der Waals surface area (Å²) in [5, 5.41) is 4.99. The Morgan fingerprint density at radius 2 is 2.03 bits per heavy atom. The third-order valence-electron chi connectivity index (χ3n) is 4.95. The van der Waals surface area contributed by atoms with Crippen LogP contribution in [0.2, 0.25) is 0 Å². The molecular weight excluding hydrogens is 394 g/mol. The Kier molecular flexibility index (Phi) is 6.14. The van der Waals surface area contributed by atoms with Gasteiger partial charge in [0, 0.05) is 6.54 Å². The Bertz CT molecular complexity index is 1130. The number of rotatable bonds is 8. The number of thiophene rings is 1. The molecule has 2 aromatic heterocycles. The van der Waals surface area contributed by atoms with Crippen molar-refractivity contribution in [3.63, 3.8) is 0 Å². The molecule has 0 radical (unpaired) electrons. The molecule has 0 saturated carbocycles. The summed E-state index contributed by atoms with van der Waals surface area (Å²) in [5.41, 5.74) is 3.19. The van der Waals surface area contributed by atoms with Crippen LogP contribution in [0.3, 0.4) is 0 Å². The van der Waals surface area contributed by atoms with Crippen molar-refractivity contribution in [2.75, 3.05) is 6.61 Å². The average Bonchev–Trinajstić information content (AvgIpc) is 3.40. The number of nitrogens with one attached hydrogen (secondary N) is 1. The van der Waals surface area contributed by atoms with Crippen LogP contribution >= 0.6 is 11.3 Å². The quantitative estimate of drug-likeness (QED) is 0.391. The average molecular weight is 420 g/mol. The summed E-state index contributed by atoms with van der Waals surface area (Å²) in [7, 11) is 0. The van der Waals surface area contributed by atoms with Crippen LogP contribution in [0.4, 0.5) is 0 Å². The molecular formula is C24H25N3O2S. The van der Waals surface area contributed by atoms with Gasteiger partial charge in [-0.1, -0.05) is 30.3 Å². The number of nitrogens with zero attached hydrogens (tertiary/aromatic N) is 2. The van der Waals surface area contributed by atoms with Crippen LogP contribution in [0.15, 0.2) is 66.0 Å². The van der Waals surface area contributed by atoms with Gasteiger partial charge >= 0.3 is 0 Å². The number of ether oxygens (including phenoxy) is 1. The van der Waals surface area contributed by atoms with Gasteiger partial charge in [-0.2, -0.15) is 0 Å². The summed E-state index contributed by atoms with van der Waals surface area (Å²) in [5.74, 6) is 1.68. The van der Waals surface area contributed by atoms with Gasteiger partial charge in [0.15, 0.2) is 0 Å². The van der Waals surface area contributed by atoms with Crippen LogP contribution in [0.25, 0.3) is 11.0 Å². The van der Waals surface area contributed by atoms with Gasteiger partial charge in [-0.25, -0.2) is 4.98 Å². The Morgan fingerprint density at radius 3 is 2.83 bits per heavy atom. The minimum atomic E-state index is -0.204. The molecule has 0 fully saturated rings. The van der Waals surface area contributed by atoms with Crippen LogP contribution in [0, 0.1) is 6.92 Å². The van der Waals surface area contributed by atoms with Crippen LogP contribution in [0.5, 0.6) is 5.75 Å². The highest BCUT2D eigenvalue weighted by molar-refractivity contribution is 7.12. The standard InChI is InChI=1S/C24H25N3O2S/c1-17-8-5-9-19(16-17)29-14-7-13-27-21-11-4-3-10-20(21)26-23(27)18(2)25-24(28)22-12-6-15-30-22/h3-6,8-12,15-16,18H,7,13-14H2,1-2H3,(H,25,28). The molecule has 154 valence electrons. The summed E-state index contributed by atoms with van der Waals surface area (Å²) in [6, 6.07) is 19.7. The van der Waals surface area contributed by atoms with Crippen molar-refractivity contribution >= 4 is 28.3 Å². The molecule has 1 N–H and O–H groups in total. The lowest BCUT2D eigenvalue weighted by Crippen LogP contribution is -2.28. The monoisotopic (exact) mass is 419 g/mol. The van der Waals surface area contributed by atoms with E-state index >= 15 is 0 Å². The van der Waals surface area contributed by atoms with Crippen molar-refractivity contribution in [3.05, 3.63) is 82.3 Å². The molecule has 2 heterocycles. The summed E-state index contributed by atoms with van der Waals surface area (Å²) < 4.78 is 8.10. The third kappa shape index (κ3) is 4.54. The Morgan fingerprint density at radius 1 is 1.17 bits per heavy atom. The second-order valence-corrected chi connectivity index (χ2v) is 8.25. The first kappa shape index (κ1) is 20.2. The topological polar surface area (TPSA) is 56.1 Å². The second kappa shape index (κ2) is 9.13. The van der Waals surface area contributed by atoms with Gasteiger partial charge in [-0.3, -0.25) is 4.79 Å². The Balaban J connectivity index is 1.47. The van der Waals surface area contributed by atoms with Crippen molar-refractivity contribution in [2.24, 2.45) is 0 Å². The van der Waals surface area contributed by atoms with Crippen molar-refractivity contribution in [1.82, 2.24) is 14.9 Å². The van der Waals surface area contributed by atoms with E-state index in [4.69, 9.17) is 9.72 Å². The number of para-hydroxylation sites is 2. The number of aryl methyl sites for hydroxylation is 2. The molecule has 0 aliphatic heterocycles. The van der Waals surface area contributed by atoms with Gasteiger partial charge in [-0.05, 0) is 61.5 Å². The molecule has 4 rings (SSSR count). The van der Waals surface area contributed by atoms with Gasteiger partial charge in [0.25, 0.3) is 5.91 Å². The molecule has 6 heteroatoms. The number of benzene rings is 2. The number of imidazole rings is 1. The summed E-state index contributed by atoms with van der Waals surface area (Å²) >= 11 is 1.44. The molecule has 30 heavy (non-hydrogen) atoms. The molecule has 1 unspecified atom stereocenters. The van der Waals surface area contributed by atoms with Crippen molar-refractivity contribution in [2.45, 2.75) is 32.9 Å². The largest absolute Gasteiger partial charge is 0.494 e. The Hall–Kier alpha value is -3.12. The number of aromatic nitrogens is 2. The zero-order chi connectivity index (χ0) is 20.9. The van der Waals surface area contributed by atoms with E-state index in [-0.39, 0.29) is 11.9 Å². The van der Waals surface area contributed by atoms with Crippen molar-refractivity contribution in [3.8, 4) is 5.75 Å². The molecule has 0 aliphatic carbocycles. The van der Waals surface area contributed by atoms with E-state index < -0.39 is 0 Å². The van der Waals surface area contributed by atoms with E-state index in [0.29, 0.717) is 11.5 Å². The highest BCUT2D eigenvalue weighted by Crippen LogP contribution is 2.22. The van der Waals surface area contributed by atoms with Crippen molar-refractivity contribution in [1.29, 1.82) is 0 Å². The molecule has 2 aromatic carbocycles. The number of hydrogen-bond acceptors (Lipinski definition) is 4. The maximum absolute atomic E-state index is 12.5. The first-order chi connectivity index (χ1) is 14.6. The second-order valence-electron chi connectivity index (χ2n) is 7.30. The van der Waals surface area contributed by atoms with E-state index in [0.717, 1.165) is 35.6 Å². The predicted octanol–water partition coefficient (Wildman–Crippen LogP) is 5.37. The van der Waals surface area contributed by atoms with Crippen LogP contribution in [-0.4, -0.2) is 22.1 Å². The number of carbonyl (C=O) groups is 1. The maximum atomic E-state index is 12.5. The zero-order valence-corrected chi connectivity index (χ0v) is 18.0. The highest BCUT2D eigenvalue weighted by atomic mass is 32.1. The van der Waals surface area contributed by atoms with E-state index in [9.17, 15) is 4.79 Å². The van der Waals surface area contributed by atoms with E-state index in [1.807, 2.05) is 60.8 Å². The lowest BCUT2D eigenvalue weighted by atomic mass is 10.2. The third-order valence-corrected chi connectivity index (χ3v) is 5.82. The summed E-state index contributed by atoms with van der Waals surface area (Å²) in [4.78, 5) is 18.0. The normalized spacial score (nSPS) is 12.1. The minimum Gasteiger partial charge on any atom is -0.494 e. The molecule has 0 aliphatic rings. The van der Waals surface area contributed by atoms with Crippen molar-refractivity contribution < 1.29 is 9.53 Å². The van der Waals surface area contributed by atoms with Crippen LogP contribution < -0.4 is 10.1 Å². The zero-order valence-electron chi connectivity index (χ0n) is 17.2. The maximum Gasteiger partial charge on any atom is 0.261 e. The first-order valence-corrected chi connectivity index (χ1v) is 11.0. The fourth-order valence-corrected chi connectivity index (χ4v) is 4.14. The molecule has 5 nitrogen and oxygen atoms in total. The molecule has 0 bridgehead atoms. The number of carbonyl (C=O) groups excluding carboxylic acids is 1. The minimum absolute atomic E-state index is 0.0705. The SMILES string of the molecule is Cc1cccc(OCCCn2c(C(C)NC(=O)c3cccs3)nc3ccccc32)c1. The summed E-state index contributed by atoms with van der Waals surface area (Å²) in [6.07, 6.45) is 0.840. The summed E-state index contributed by atoms with van der Waals surface area (Å²) in [6.45, 7) is 5.42. The molecule has 0 spiro atoms. The molecule has 4 aromatic rings. The number of amides is 1. The van der Waals surface area contributed by atoms with Gasteiger partial charge in [-0.15, -0.1) is 11.3 Å². The van der Waals surface area contributed by atoms with Gasteiger partial charge < -0.3 is 14.6 Å². The predicted molar refractivity (Wildman–Crippen MR) is 121 cm³/mol. The lowest BCUT2D eigenvalue weighted by molar-refractivity contribution is 0.0941. The molecule has 1 amide bonds. The first-order valence-electron chi connectivity index (χ1n) is 10.1. The molecule has 0 saturated heterocycles. The van der Waals surface area contributed by atoms with Crippen LogP contribution in [0.1, 0.15) is 40.4 Å². The number of fused-ring (bicyclic) bond motifs is 1. The van der Waals surface area contributed by atoms with Crippen LogP contribution in [-0.2, 0) is 6.54 Å². The fraction of sp³-hybridized carbons (Fsp3) is 0.250. The van der Waals surface area contributed by atoms with Gasteiger partial charge in [0.1, 0.15) is 11.6 Å². The highest BCUT2D eigenvalue weighted by Gasteiger charge is 2.19. The van der Waals surface area contributed by atoms with Gasteiger partial charge in [0.05, 0.1) is 28.6 Å². The number of hydrogen-bond donors (Lipinski definition) is 1.